The van der Waals surface area contributed by atoms with Gasteiger partial charge in [-0.25, -0.2) is 4.99 Å². The monoisotopic (exact) mass is 593 g/mol. The second-order valence-electron chi connectivity index (χ2n) is 9.71. The number of amides is 1. The molecule has 0 spiro atoms. The number of nitrogens with zero attached hydrogens (tertiary/aromatic N) is 4. The van der Waals surface area contributed by atoms with Gasteiger partial charge in [0.15, 0.2) is 11.6 Å². The van der Waals surface area contributed by atoms with Crippen LogP contribution in [0.5, 0.6) is 5.75 Å². The molecule has 9 nitrogen and oxygen atoms in total. The van der Waals surface area contributed by atoms with E-state index in [1.807, 2.05) is 0 Å². The first kappa shape index (κ1) is 31.1. The van der Waals surface area contributed by atoms with E-state index in [1.54, 1.807) is 48.5 Å². The Morgan fingerprint density at radius 1 is 1.14 bits per heavy atom. The van der Waals surface area contributed by atoms with Crippen LogP contribution in [0.4, 0.5) is 13.2 Å². The first-order valence-corrected chi connectivity index (χ1v) is 13.5. The third-order valence-electron chi connectivity index (χ3n) is 6.89. The van der Waals surface area contributed by atoms with Crippen molar-refractivity contribution in [1.29, 1.82) is 0 Å². The Hall–Kier alpha value is -4.80. The summed E-state index contributed by atoms with van der Waals surface area (Å²) in [5, 5.41) is 15.3. The van der Waals surface area contributed by atoms with Crippen LogP contribution in [0.1, 0.15) is 46.8 Å². The molecule has 12 heteroatoms. The Balaban J connectivity index is 1.74. The predicted molar refractivity (Wildman–Crippen MR) is 154 cm³/mol. The highest BCUT2D eigenvalue weighted by Gasteiger charge is 2.53. The lowest BCUT2D eigenvalue weighted by molar-refractivity contribution is -0.138. The number of benzene rings is 3. The number of carbonyl (C=O) groups excluding carboxylic acids is 1. The Bertz CT molecular complexity index is 1520. The average Bonchev–Trinajstić information content (AvgIpc) is 3.39. The Kier molecular flexibility index (Phi) is 10.1. The Labute approximate surface area is 246 Å². The number of aliphatic imine (C=N–C) groups is 1. The molecule has 1 heterocycles. The summed E-state index contributed by atoms with van der Waals surface area (Å²) < 4.78 is 52.9. The number of halogens is 3. The summed E-state index contributed by atoms with van der Waals surface area (Å²) >= 11 is 0. The SMILES string of the molecule is C=CC[C@@]1(C(=O)NCc2ccccc2C(F)(F)F)N=C(c2ccc(OCCCO)cc2)O[C@@H]1c1ccccc1CN=[N+]=[N-]. The first-order valence-electron chi connectivity index (χ1n) is 13.5. The van der Waals surface area contributed by atoms with Crippen LogP contribution in [0.25, 0.3) is 10.4 Å². The van der Waals surface area contributed by atoms with Crippen molar-refractivity contribution in [3.8, 4) is 5.75 Å². The normalized spacial score (nSPS) is 17.8. The summed E-state index contributed by atoms with van der Waals surface area (Å²) in [6.45, 7) is 3.72. The van der Waals surface area contributed by atoms with E-state index in [9.17, 15) is 18.0 Å². The smallest absolute Gasteiger partial charge is 0.416 e. The van der Waals surface area contributed by atoms with E-state index in [4.69, 9.17) is 25.1 Å². The van der Waals surface area contributed by atoms with Gasteiger partial charge in [0.2, 0.25) is 5.90 Å². The molecule has 3 aromatic rings. The van der Waals surface area contributed by atoms with Crippen LogP contribution in [-0.4, -0.2) is 35.7 Å². The highest BCUT2D eigenvalue weighted by molar-refractivity contribution is 6.01. The van der Waals surface area contributed by atoms with Crippen molar-refractivity contribution in [2.24, 2.45) is 10.1 Å². The molecule has 0 saturated carbocycles. The molecule has 0 unspecified atom stereocenters. The molecule has 1 aliphatic heterocycles. The number of alkyl halides is 3. The van der Waals surface area contributed by atoms with Crippen LogP contribution in [-0.2, 0) is 28.8 Å². The van der Waals surface area contributed by atoms with E-state index in [-0.39, 0.29) is 31.0 Å². The third-order valence-corrected chi connectivity index (χ3v) is 6.89. The van der Waals surface area contributed by atoms with Crippen LogP contribution in [0.15, 0.2) is 95.6 Å². The van der Waals surface area contributed by atoms with E-state index < -0.39 is 35.8 Å². The minimum absolute atomic E-state index is 0.000507. The zero-order valence-corrected chi connectivity index (χ0v) is 23.1. The molecule has 43 heavy (non-hydrogen) atoms. The van der Waals surface area contributed by atoms with Gasteiger partial charge in [0.1, 0.15) is 5.75 Å². The maximum atomic E-state index is 14.0. The van der Waals surface area contributed by atoms with Crippen LogP contribution in [0.2, 0.25) is 0 Å². The molecule has 1 aliphatic rings. The number of aliphatic hydroxyl groups is 1. The zero-order chi connectivity index (χ0) is 30.9. The van der Waals surface area contributed by atoms with Crippen LogP contribution < -0.4 is 10.1 Å². The van der Waals surface area contributed by atoms with Gasteiger partial charge >= 0.3 is 6.18 Å². The van der Waals surface area contributed by atoms with Gasteiger partial charge in [-0.15, -0.1) is 6.58 Å². The van der Waals surface area contributed by atoms with Gasteiger partial charge in [0.25, 0.3) is 5.91 Å². The van der Waals surface area contributed by atoms with E-state index >= 15 is 0 Å². The Morgan fingerprint density at radius 3 is 2.51 bits per heavy atom. The molecule has 1 amide bonds. The Morgan fingerprint density at radius 2 is 1.84 bits per heavy atom. The van der Waals surface area contributed by atoms with E-state index in [2.05, 4.69) is 21.9 Å². The van der Waals surface area contributed by atoms with Crippen molar-refractivity contribution in [3.63, 3.8) is 0 Å². The maximum absolute atomic E-state index is 14.0. The lowest BCUT2D eigenvalue weighted by Gasteiger charge is -2.31. The van der Waals surface area contributed by atoms with Crippen LogP contribution in [0.3, 0.4) is 0 Å². The molecule has 0 saturated heterocycles. The molecule has 0 aliphatic carbocycles. The van der Waals surface area contributed by atoms with Gasteiger partial charge in [-0.2, -0.15) is 13.2 Å². The molecule has 0 aromatic heterocycles. The average molecular weight is 594 g/mol. The van der Waals surface area contributed by atoms with Gasteiger partial charge in [-0.1, -0.05) is 53.7 Å². The first-order chi connectivity index (χ1) is 20.7. The number of aliphatic hydroxyl groups excluding tert-OH is 1. The number of nitrogens with one attached hydrogen (secondary N) is 1. The summed E-state index contributed by atoms with van der Waals surface area (Å²) in [6, 6.07) is 18.8. The van der Waals surface area contributed by atoms with E-state index in [1.165, 1.54) is 24.3 Å². The summed E-state index contributed by atoms with van der Waals surface area (Å²) in [5.41, 5.74) is 7.99. The van der Waals surface area contributed by atoms with Crippen molar-refractivity contribution >= 4 is 11.8 Å². The standard InChI is InChI=1S/C31H30F3N5O4/c1-2-16-30(29(41)36-19-23-9-4-6-11-26(23)31(32,33)34)27(25-10-5-3-8-22(25)20-37-39-35)43-28(38-30)21-12-14-24(15-13-21)42-18-7-17-40/h2-6,8-15,27,40H,1,7,16-20H2,(H,36,41)/t27-,30-/m1/s1. The van der Waals surface area contributed by atoms with Crippen molar-refractivity contribution in [1.82, 2.24) is 5.32 Å². The molecule has 3 aromatic carbocycles. The van der Waals surface area contributed by atoms with E-state index in [0.29, 0.717) is 35.5 Å². The molecular weight excluding hydrogens is 563 g/mol. The molecule has 0 radical (unpaired) electrons. The molecule has 0 bridgehead atoms. The third kappa shape index (κ3) is 7.17. The molecular formula is C31H30F3N5O4. The maximum Gasteiger partial charge on any atom is 0.416 e. The van der Waals surface area contributed by atoms with Crippen molar-refractivity contribution in [3.05, 3.63) is 124 Å². The van der Waals surface area contributed by atoms with Crippen molar-refractivity contribution in [2.75, 3.05) is 13.2 Å². The fourth-order valence-corrected chi connectivity index (χ4v) is 4.83. The number of hydrogen-bond acceptors (Lipinski definition) is 6. The lowest BCUT2D eigenvalue weighted by Crippen LogP contribution is -2.48. The predicted octanol–water partition coefficient (Wildman–Crippen LogP) is 6.43. The molecule has 224 valence electrons. The van der Waals surface area contributed by atoms with Crippen molar-refractivity contribution < 1.29 is 32.5 Å². The minimum Gasteiger partial charge on any atom is -0.494 e. The summed E-state index contributed by atoms with van der Waals surface area (Å²) in [4.78, 5) is 21.6. The fourth-order valence-electron chi connectivity index (χ4n) is 4.83. The molecule has 0 fully saturated rings. The minimum atomic E-state index is -4.60. The molecule has 2 N–H and O–H groups in total. The number of carbonyl (C=O) groups is 1. The zero-order valence-electron chi connectivity index (χ0n) is 23.1. The number of hydrogen-bond donors (Lipinski definition) is 2. The van der Waals surface area contributed by atoms with Gasteiger partial charge in [-0.3, -0.25) is 4.79 Å². The summed E-state index contributed by atoms with van der Waals surface area (Å²) in [5.74, 6) is 0.0376. The topological polar surface area (TPSA) is 129 Å². The second kappa shape index (κ2) is 13.9. The molecule has 2 atom stereocenters. The van der Waals surface area contributed by atoms with Gasteiger partial charge in [-0.05, 0) is 52.6 Å². The fraction of sp³-hybridized carbons (Fsp3) is 0.290. The van der Waals surface area contributed by atoms with Crippen LogP contribution >= 0.6 is 0 Å². The van der Waals surface area contributed by atoms with Gasteiger partial charge < -0.3 is 19.9 Å². The number of ether oxygens (including phenoxy) is 2. The van der Waals surface area contributed by atoms with Crippen LogP contribution in [0, 0.1) is 0 Å². The summed E-state index contributed by atoms with van der Waals surface area (Å²) in [6.07, 6.45) is -3.66. The number of azide groups is 1. The van der Waals surface area contributed by atoms with Gasteiger partial charge in [0.05, 0.1) is 18.7 Å². The largest absolute Gasteiger partial charge is 0.494 e. The highest BCUT2D eigenvalue weighted by Crippen LogP contribution is 2.44. The molecule has 4 rings (SSSR count). The van der Waals surface area contributed by atoms with Crippen molar-refractivity contribution in [2.45, 2.75) is 43.8 Å². The second-order valence-corrected chi connectivity index (χ2v) is 9.71. The van der Waals surface area contributed by atoms with Gasteiger partial charge in [0, 0.05) is 36.5 Å². The van der Waals surface area contributed by atoms with E-state index in [0.717, 1.165) is 6.07 Å². The lowest BCUT2D eigenvalue weighted by atomic mass is 9.82. The highest BCUT2D eigenvalue weighted by atomic mass is 19.4. The summed E-state index contributed by atoms with van der Waals surface area (Å²) in [7, 11) is 0. The number of rotatable bonds is 13. The quantitative estimate of drug-likeness (QED) is 0.0778.